The summed E-state index contributed by atoms with van der Waals surface area (Å²) in [7, 11) is 0. The van der Waals surface area contributed by atoms with Crippen LogP contribution in [0.5, 0.6) is 0 Å². The van der Waals surface area contributed by atoms with E-state index in [4.69, 9.17) is 9.72 Å². The van der Waals surface area contributed by atoms with Gasteiger partial charge in [-0.1, -0.05) is 85.8 Å². The fourth-order valence-corrected chi connectivity index (χ4v) is 4.23. The molecule has 3 aromatic carbocycles. The number of ether oxygens (including phenoxy) is 1. The standard InChI is InChI=1S/C30H30N4O4/c1-3-23(20-13-7-5-8-14-20)33-29(36)26-22-17-11-12-18-24(22)32-27(21-15-9-6-10-16-21)28(26)34-30(37)31-19-25(35)38-4-2/h5-18,23H,3-4,19H2,1-2H3,(H,33,36)(H2,31,34,37). The second-order valence-electron chi connectivity index (χ2n) is 8.55. The molecule has 8 heteroatoms. The molecule has 0 aliphatic rings. The molecule has 1 unspecified atom stereocenters. The highest BCUT2D eigenvalue weighted by Crippen LogP contribution is 2.35. The second kappa shape index (κ2) is 12.5. The molecule has 3 amide bonds. The Bertz CT molecular complexity index is 1420. The largest absolute Gasteiger partial charge is 0.465 e. The highest BCUT2D eigenvalue weighted by atomic mass is 16.5. The van der Waals surface area contributed by atoms with Crippen molar-refractivity contribution >= 4 is 34.5 Å². The van der Waals surface area contributed by atoms with Crippen molar-refractivity contribution in [3.05, 3.63) is 96.1 Å². The van der Waals surface area contributed by atoms with Crippen molar-refractivity contribution in [3.63, 3.8) is 0 Å². The monoisotopic (exact) mass is 510 g/mol. The van der Waals surface area contributed by atoms with Gasteiger partial charge in [-0.05, 0) is 25.0 Å². The number of urea groups is 1. The third kappa shape index (κ3) is 6.15. The first-order valence-corrected chi connectivity index (χ1v) is 12.6. The van der Waals surface area contributed by atoms with Crippen molar-refractivity contribution in [2.24, 2.45) is 0 Å². The maximum absolute atomic E-state index is 14.0. The third-order valence-corrected chi connectivity index (χ3v) is 6.02. The average molecular weight is 511 g/mol. The van der Waals surface area contributed by atoms with E-state index in [1.54, 1.807) is 13.0 Å². The Balaban J connectivity index is 1.81. The van der Waals surface area contributed by atoms with Gasteiger partial charge in [-0.2, -0.15) is 0 Å². The zero-order valence-corrected chi connectivity index (χ0v) is 21.4. The van der Waals surface area contributed by atoms with E-state index in [1.165, 1.54) is 0 Å². The third-order valence-electron chi connectivity index (χ3n) is 6.02. The molecule has 0 aliphatic carbocycles. The van der Waals surface area contributed by atoms with Gasteiger partial charge in [-0.25, -0.2) is 9.78 Å². The minimum atomic E-state index is -0.656. The summed E-state index contributed by atoms with van der Waals surface area (Å²) in [6.45, 7) is 3.59. The predicted molar refractivity (Wildman–Crippen MR) is 148 cm³/mol. The van der Waals surface area contributed by atoms with Gasteiger partial charge in [0.1, 0.15) is 6.54 Å². The number of anilines is 1. The van der Waals surface area contributed by atoms with Crippen molar-refractivity contribution in [2.45, 2.75) is 26.3 Å². The van der Waals surface area contributed by atoms with E-state index < -0.39 is 12.0 Å². The molecule has 8 nitrogen and oxygen atoms in total. The van der Waals surface area contributed by atoms with E-state index in [2.05, 4.69) is 16.0 Å². The minimum Gasteiger partial charge on any atom is -0.465 e. The lowest BCUT2D eigenvalue weighted by Gasteiger charge is -2.21. The maximum Gasteiger partial charge on any atom is 0.325 e. The van der Waals surface area contributed by atoms with Crippen LogP contribution >= 0.6 is 0 Å². The summed E-state index contributed by atoms with van der Waals surface area (Å²) in [6.07, 6.45) is 0.674. The molecule has 4 rings (SSSR count). The summed E-state index contributed by atoms with van der Waals surface area (Å²) in [5, 5.41) is 9.03. The Hall–Kier alpha value is -4.72. The highest BCUT2D eigenvalue weighted by molar-refractivity contribution is 6.15. The van der Waals surface area contributed by atoms with Crippen LogP contribution in [-0.2, 0) is 9.53 Å². The molecule has 4 aromatic rings. The second-order valence-corrected chi connectivity index (χ2v) is 8.55. The van der Waals surface area contributed by atoms with E-state index in [0.29, 0.717) is 23.0 Å². The fourth-order valence-electron chi connectivity index (χ4n) is 4.23. The fraction of sp³-hybridized carbons (Fsp3) is 0.200. The first-order valence-electron chi connectivity index (χ1n) is 12.6. The molecular weight excluding hydrogens is 480 g/mol. The number of benzene rings is 3. The van der Waals surface area contributed by atoms with Gasteiger partial charge in [0.15, 0.2) is 0 Å². The number of nitrogens with one attached hydrogen (secondary N) is 3. The van der Waals surface area contributed by atoms with Crippen molar-refractivity contribution in [3.8, 4) is 11.3 Å². The molecule has 0 bridgehead atoms. The molecule has 0 radical (unpaired) electrons. The quantitative estimate of drug-likeness (QED) is 0.259. The number of hydrogen-bond donors (Lipinski definition) is 3. The van der Waals surface area contributed by atoms with Crippen molar-refractivity contribution in [1.82, 2.24) is 15.6 Å². The summed E-state index contributed by atoms with van der Waals surface area (Å²) in [4.78, 5) is 43.5. The molecule has 1 heterocycles. The molecule has 1 atom stereocenters. The van der Waals surface area contributed by atoms with Crippen LogP contribution in [0.1, 0.15) is 42.2 Å². The number of aromatic nitrogens is 1. The molecule has 1 aromatic heterocycles. The van der Waals surface area contributed by atoms with Crippen LogP contribution in [0.4, 0.5) is 10.5 Å². The summed E-state index contributed by atoms with van der Waals surface area (Å²) < 4.78 is 4.90. The zero-order chi connectivity index (χ0) is 26.9. The Kier molecular flexibility index (Phi) is 8.66. The summed E-state index contributed by atoms with van der Waals surface area (Å²) >= 11 is 0. The van der Waals surface area contributed by atoms with Gasteiger partial charge < -0.3 is 20.7 Å². The molecule has 3 N–H and O–H groups in total. The zero-order valence-electron chi connectivity index (χ0n) is 21.4. The Morgan fingerprint density at radius 2 is 1.53 bits per heavy atom. The van der Waals surface area contributed by atoms with Gasteiger partial charge in [-0.3, -0.25) is 9.59 Å². The number of fused-ring (bicyclic) bond motifs is 1. The van der Waals surface area contributed by atoms with Crippen LogP contribution in [0.15, 0.2) is 84.9 Å². The number of carbonyl (C=O) groups is 3. The number of para-hydroxylation sites is 1. The topological polar surface area (TPSA) is 109 Å². The van der Waals surface area contributed by atoms with Gasteiger partial charge in [0.25, 0.3) is 5.91 Å². The Morgan fingerprint density at radius 1 is 0.868 bits per heavy atom. The minimum absolute atomic E-state index is 0.208. The van der Waals surface area contributed by atoms with Gasteiger partial charge in [0.05, 0.1) is 35.1 Å². The SMILES string of the molecule is CCOC(=O)CNC(=O)Nc1c(-c2ccccc2)nc2ccccc2c1C(=O)NC(CC)c1ccccc1. The lowest BCUT2D eigenvalue weighted by molar-refractivity contribution is -0.141. The first kappa shape index (κ1) is 26.3. The molecule has 0 spiro atoms. The van der Waals surface area contributed by atoms with Gasteiger partial charge >= 0.3 is 12.0 Å². The lowest BCUT2D eigenvalue weighted by Crippen LogP contribution is -2.35. The summed E-state index contributed by atoms with van der Waals surface area (Å²) in [5.74, 6) is -0.911. The molecule has 0 saturated heterocycles. The Labute approximate surface area is 221 Å². The highest BCUT2D eigenvalue weighted by Gasteiger charge is 2.25. The number of pyridine rings is 1. The van der Waals surface area contributed by atoms with Crippen LogP contribution in [0.2, 0.25) is 0 Å². The molecule has 0 fully saturated rings. The van der Waals surface area contributed by atoms with Gasteiger partial charge in [0.2, 0.25) is 0 Å². The van der Waals surface area contributed by atoms with Gasteiger partial charge in [0, 0.05) is 10.9 Å². The molecule has 194 valence electrons. The lowest BCUT2D eigenvalue weighted by atomic mass is 9.99. The smallest absolute Gasteiger partial charge is 0.325 e. The van der Waals surface area contributed by atoms with Crippen LogP contribution in [-0.4, -0.2) is 36.0 Å². The van der Waals surface area contributed by atoms with E-state index in [-0.39, 0.29) is 36.4 Å². The molecule has 0 aliphatic heterocycles. The van der Waals surface area contributed by atoms with E-state index in [0.717, 1.165) is 11.1 Å². The van der Waals surface area contributed by atoms with E-state index >= 15 is 0 Å². The summed E-state index contributed by atoms with van der Waals surface area (Å²) in [6, 6.07) is 25.5. The number of hydrogen-bond acceptors (Lipinski definition) is 5. The van der Waals surface area contributed by atoms with Crippen LogP contribution in [0.3, 0.4) is 0 Å². The number of carbonyl (C=O) groups excluding carboxylic acids is 3. The van der Waals surface area contributed by atoms with Crippen LogP contribution in [0, 0.1) is 0 Å². The number of rotatable bonds is 9. The van der Waals surface area contributed by atoms with Crippen LogP contribution in [0.25, 0.3) is 22.2 Å². The predicted octanol–water partition coefficient (Wildman–Crippen LogP) is 5.47. The van der Waals surface area contributed by atoms with Crippen molar-refractivity contribution in [2.75, 3.05) is 18.5 Å². The first-order chi connectivity index (χ1) is 18.5. The van der Waals surface area contributed by atoms with Crippen molar-refractivity contribution < 1.29 is 19.1 Å². The number of nitrogens with zero attached hydrogens (tertiary/aromatic N) is 1. The molecule has 0 saturated carbocycles. The molecule has 38 heavy (non-hydrogen) atoms. The van der Waals surface area contributed by atoms with Crippen molar-refractivity contribution in [1.29, 1.82) is 0 Å². The molecular formula is C30H30N4O4. The normalized spacial score (nSPS) is 11.4. The van der Waals surface area contributed by atoms with E-state index in [1.807, 2.05) is 85.8 Å². The number of esters is 1. The van der Waals surface area contributed by atoms with E-state index in [9.17, 15) is 14.4 Å². The maximum atomic E-state index is 14.0. The average Bonchev–Trinajstić information content (AvgIpc) is 2.95. The van der Waals surface area contributed by atoms with Gasteiger partial charge in [-0.15, -0.1) is 0 Å². The Morgan fingerprint density at radius 3 is 2.21 bits per heavy atom. The summed E-state index contributed by atoms with van der Waals surface area (Å²) in [5.41, 5.74) is 3.29. The number of amides is 3. The van der Waals surface area contributed by atoms with Crippen LogP contribution < -0.4 is 16.0 Å².